The zero-order valence-electron chi connectivity index (χ0n) is 21.5. The molecule has 0 saturated carbocycles. The first-order valence-corrected chi connectivity index (χ1v) is 13.4. The van der Waals surface area contributed by atoms with Gasteiger partial charge in [0.1, 0.15) is 24.0 Å². The Balaban J connectivity index is 2.53. The third-order valence-corrected chi connectivity index (χ3v) is 6.59. The van der Waals surface area contributed by atoms with Gasteiger partial charge in [-0.1, -0.05) is 23.7 Å². The molecule has 13 heteroatoms. The van der Waals surface area contributed by atoms with E-state index in [0.29, 0.717) is 10.6 Å². The van der Waals surface area contributed by atoms with E-state index in [0.717, 1.165) is 22.7 Å². The predicted molar refractivity (Wildman–Crippen MR) is 141 cm³/mol. The van der Waals surface area contributed by atoms with Crippen LogP contribution in [0.25, 0.3) is 0 Å². The maximum absolute atomic E-state index is 13.6. The lowest BCUT2D eigenvalue weighted by Gasteiger charge is -2.33. The van der Waals surface area contributed by atoms with Crippen LogP contribution >= 0.6 is 11.6 Å². The molecule has 0 bridgehead atoms. The van der Waals surface area contributed by atoms with Crippen LogP contribution in [0.2, 0.25) is 5.02 Å². The molecule has 0 aromatic heterocycles. The molecule has 2 aromatic rings. The molecule has 0 aliphatic rings. The fourth-order valence-electron chi connectivity index (χ4n) is 3.47. The second-order valence-electron chi connectivity index (χ2n) is 9.45. The largest absolute Gasteiger partial charge is 0.495 e. The van der Waals surface area contributed by atoms with Gasteiger partial charge < -0.3 is 15.0 Å². The number of nitrogens with zero attached hydrogens (tertiary/aromatic N) is 3. The molecule has 0 aliphatic heterocycles. The van der Waals surface area contributed by atoms with Crippen molar-refractivity contribution in [3.05, 3.63) is 63.2 Å². The normalized spacial score (nSPS) is 12.4. The first kappa shape index (κ1) is 29.8. The molecule has 11 nitrogen and oxygen atoms in total. The average Bonchev–Trinajstić information content (AvgIpc) is 2.78. The Kier molecular flexibility index (Phi) is 9.50. The molecule has 0 heterocycles. The fourth-order valence-corrected chi connectivity index (χ4v) is 4.53. The minimum atomic E-state index is -4.11. The van der Waals surface area contributed by atoms with E-state index < -0.39 is 44.9 Å². The summed E-state index contributed by atoms with van der Waals surface area (Å²) in [5, 5.41) is 14.6. The summed E-state index contributed by atoms with van der Waals surface area (Å²) in [6.45, 7) is 6.14. The number of anilines is 1. The first-order valence-electron chi connectivity index (χ1n) is 11.2. The molecule has 202 valence electrons. The van der Waals surface area contributed by atoms with Crippen molar-refractivity contribution in [1.29, 1.82) is 0 Å². The molecular formula is C24H31ClN4O7S. The number of nitro benzene ring substituents is 1. The predicted octanol–water partition coefficient (Wildman–Crippen LogP) is 3.35. The Hall–Kier alpha value is -3.38. The van der Waals surface area contributed by atoms with E-state index >= 15 is 0 Å². The van der Waals surface area contributed by atoms with Crippen molar-refractivity contribution in [1.82, 2.24) is 10.2 Å². The van der Waals surface area contributed by atoms with Gasteiger partial charge in [0.15, 0.2) is 0 Å². The number of nitrogens with one attached hydrogen (secondary N) is 1. The standard InChI is InChI=1S/C24H31ClN4O7S/c1-16(23(31)26-24(2,3)4)27(14-17-8-7-9-18(25)12-17)22(30)15-28(37(6,34)35)20-13-19(29(32)33)10-11-21(20)36-5/h7-13,16H,14-15H2,1-6H3,(H,26,31)/t16-/m1/s1. The van der Waals surface area contributed by atoms with Crippen LogP contribution in [0.3, 0.4) is 0 Å². The Bertz CT molecular complexity index is 1280. The van der Waals surface area contributed by atoms with Crippen molar-refractivity contribution in [3.63, 3.8) is 0 Å². The van der Waals surface area contributed by atoms with Gasteiger partial charge in [-0.2, -0.15) is 0 Å². The van der Waals surface area contributed by atoms with E-state index in [4.69, 9.17) is 16.3 Å². The molecule has 0 aliphatic carbocycles. The molecule has 1 N–H and O–H groups in total. The van der Waals surface area contributed by atoms with Gasteiger partial charge in [0.25, 0.3) is 5.69 Å². The monoisotopic (exact) mass is 554 g/mol. The number of methoxy groups -OCH3 is 1. The Morgan fingerprint density at radius 1 is 1.19 bits per heavy atom. The summed E-state index contributed by atoms with van der Waals surface area (Å²) >= 11 is 6.10. The van der Waals surface area contributed by atoms with Gasteiger partial charge >= 0.3 is 0 Å². The minimum absolute atomic E-state index is 0.0174. The number of nitro groups is 1. The molecule has 2 rings (SSSR count). The number of ether oxygens (including phenoxy) is 1. The summed E-state index contributed by atoms with van der Waals surface area (Å²) in [6.07, 6.45) is 0.871. The van der Waals surface area contributed by atoms with Gasteiger partial charge in [0.2, 0.25) is 21.8 Å². The van der Waals surface area contributed by atoms with Gasteiger partial charge in [-0.15, -0.1) is 0 Å². The number of sulfonamides is 1. The van der Waals surface area contributed by atoms with Gasteiger partial charge in [-0.25, -0.2) is 8.42 Å². The van der Waals surface area contributed by atoms with Crippen LogP contribution in [0.1, 0.15) is 33.3 Å². The third kappa shape index (κ3) is 8.32. The SMILES string of the molecule is COc1ccc([N+](=O)[O-])cc1N(CC(=O)N(Cc1cccc(Cl)c1)[C@H](C)C(=O)NC(C)(C)C)S(C)(=O)=O. The quantitative estimate of drug-likeness (QED) is 0.351. The van der Waals surface area contributed by atoms with E-state index in [-0.39, 0.29) is 23.7 Å². The number of hydrogen-bond acceptors (Lipinski definition) is 7. The fraction of sp³-hybridized carbons (Fsp3) is 0.417. The molecule has 37 heavy (non-hydrogen) atoms. The lowest BCUT2D eigenvalue weighted by molar-refractivity contribution is -0.384. The lowest BCUT2D eigenvalue weighted by Crippen LogP contribution is -2.54. The smallest absolute Gasteiger partial charge is 0.271 e. The highest BCUT2D eigenvalue weighted by atomic mass is 35.5. The van der Waals surface area contributed by atoms with Gasteiger partial charge in [-0.3, -0.25) is 24.0 Å². The zero-order valence-corrected chi connectivity index (χ0v) is 23.1. The Morgan fingerprint density at radius 2 is 1.84 bits per heavy atom. The number of carbonyl (C=O) groups excluding carboxylic acids is 2. The highest BCUT2D eigenvalue weighted by Gasteiger charge is 2.33. The van der Waals surface area contributed by atoms with Crippen molar-refractivity contribution in [2.45, 2.75) is 45.8 Å². The van der Waals surface area contributed by atoms with E-state index in [9.17, 15) is 28.1 Å². The number of benzene rings is 2. The van der Waals surface area contributed by atoms with Crippen molar-refractivity contribution >= 4 is 44.8 Å². The molecule has 0 unspecified atom stereocenters. The summed E-state index contributed by atoms with van der Waals surface area (Å²) in [7, 11) is -2.84. The number of halogens is 1. The van der Waals surface area contributed by atoms with Crippen LogP contribution < -0.4 is 14.4 Å². The van der Waals surface area contributed by atoms with Crippen molar-refractivity contribution in [3.8, 4) is 5.75 Å². The van der Waals surface area contributed by atoms with Crippen LogP contribution in [-0.4, -0.2) is 61.5 Å². The molecule has 1 atom stereocenters. The average molecular weight is 555 g/mol. The zero-order chi connectivity index (χ0) is 28.1. The van der Waals surface area contributed by atoms with E-state index in [1.165, 1.54) is 25.0 Å². The van der Waals surface area contributed by atoms with Gasteiger partial charge in [0.05, 0.1) is 18.3 Å². The Labute approximate surface area is 221 Å². The molecule has 2 amide bonds. The van der Waals surface area contributed by atoms with Crippen LogP contribution in [0, 0.1) is 10.1 Å². The van der Waals surface area contributed by atoms with E-state index in [1.807, 2.05) is 0 Å². The molecule has 2 aromatic carbocycles. The molecule has 0 saturated heterocycles. The van der Waals surface area contributed by atoms with E-state index in [2.05, 4.69) is 5.32 Å². The van der Waals surface area contributed by atoms with Gasteiger partial charge in [0, 0.05) is 29.2 Å². The topological polar surface area (TPSA) is 139 Å². The number of carbonyl (C=O) groups is 2. The molecule has 0 fully saturated rings. The molecular weight excluding hydrogens is 524 g/mol. The highest BCUT2D eigenvalue weighted by Crippen LogP contribution is 2.34. The van der Waals surface area contributed by atoms with E-state index in [1.54, 1.807) is 45.0 Å². The lowest BCUT2D eigenvalue weighted by atomic mass is 10.1. The summed E-state index contributed by atoms with van der Waals surface area (Å²) in [6, 6.07) is 9.15. The van der Waals surface area contributed by atoms with Crippen molar-refractivity contribution < 1.29 is 27.7 Å². The summed E-state index contributed by atoms with van der Waals surface area (Å²) < 4.78 is 31.5. The summed E-state index contributed by atoms with van der Waals surface area (Å²) in [4.78, 5) is 38.5. The third-order valence-electron chi connectivity index (χ3n) is 5.23. The van der Waals surface area contributed by atoms with Crippen molar-refractivity contribution in [2.24, 2.45) is 0 Å². The van der Waals surface area contributed by atoms with Crippen LogP contribution in [0.4, 0.5) is 11.4 Å². The number of non-ortho nitro benzene ring substituents is 1. The maximum Gasteiger partial charge on any atom is 0.271 e. The van der Waals surface area contributed by atoms with Crippen LogP contribution in [0.15, 0.2) is 42.5 Å². The maximum atomic E-state index is 13.6. The Morgan fingerprint density at radius 3 is 2.35 bits per heavy atom. The van der Waals surface area contributed by atoms with Crippen molar-refractivity contribution in [2.75, 3.05) is 24.2 Å². The molecule has 0 spiro atoms. The van der Waals surface area contributed by atoms with Crippen LogP contribution in [0.5, 0.6) is 5.75 Å². The molecule has 0 radical (unpaired) electrons. The highest BCUT2D eigenvalue weighted by molar-refractivity contribution is 7.92. The first-order chi connectivity index (χ1) is 17.0. The van der Waals surface area contributed by atoms with Crippen LogP contribution in [-0.2, 0) is 26.2 Å². The minimum Gasteiger partial charge on any atom is -0.495 e. The second kappa shape index (κ2) is 11.8. The number of hydrogen-bond donors (Lipinski definition) is 1. The summed E-state index contributed by atoms with van der Waals surface area (Å²) in [5.74, 6) is -1.14. The number of amides is 2. The van der Waals surface area contributed by atoms with Gasteiger partial charge in [-0.05, 0) is 51.5 Å². The second-order valence-corrected chi connectivity index (χ2v) is 11.8. The summed E-state index contributed by atoms with van der Waals surface area (Å²) in [5.41, 5.74) is -0.520. The number of rotatable bonds is 10.